The van der Waals surface area contributed by atoms with Gasteiger partial charge < -0.3 is 14.3 Å². The van der Waals surface area contributed by atoms with Gasteiger partial charge in [0.1, 0.15) is 0 Å². The van der Waals surface area contributed by atoms with Crippen LogP contribution >= 0.6 is 0 Å². The van der Waals surface area contributed by atoms with Crippen molar-refractivity contribution in [3.63, 3.8) is 0 Å². The van der Waals surface area contributed by atoms with Crippen LogP contribution in [0.1, 0.15) is 67.9 Å². The van der Waals surface area contributed by atoms with Gasteiger partial charge in [-0.25, -0.2) is 0 Å². The zero-order valence-electron chi connectivity index (χ0n) is 34.0. The van der Waals surface area contributed by atoms with Crippen molar-refractivity contribution in [2.45, 2.75) is 56.7 Å². The van der Waals surface area contributed by atoms with Crippen LogP contribution in [0.3, 0.4) is 0 Å². The lowest BCUT2D eigenvalue weighted by atomic mass is 9.65. The van der Waals surface area contributed by atoms with Crippen molar-refractivity contribution in [3.8, 4) is 39.1 Å². The number of rotatable bonds is 8. The molecule has 0 radical (unpaired) electrons. The Morgan fingerprint density at radius 1 is 0.661 bits per heavy atom. The average molecular weight is 764 g/mol. The predicted molar refractivity (Wildman–Crippen MR) is 246 cm³/mol. The zero-order chi connectivity index (χ0) is 40.1. The predicted octanol–water partition coefficient (Wildman–Crippen LogP) is 11.9. The Hall–Kier alpha value is -6.20. The number of benzene rings is 7. The SMILES string of the molecule is CC(C)(O)C(C)(C)OBc1cc2c3c4c1c1ccccc1n4-c1ccccc1-c1cccc(c1-3)C2(c1cccc(-c2ccccc2)c1)c1cccc(C2C=CC=CC2)c1. The summed E-state index contributed by atoms with van der Waals surface area (Å²) in [6, 6.07) is 56.7. The van der Waals surface area contributed by atoms with Gasteiger partial charge in [-0.05, 0) is 108 Å². The van der Waals surface area contributed by atoms with Gasteiger partial charge in [-0.15, -0.1) is 0 Å². The van der Waals surface area contributed by atoms with Gasteiger partial charge in [0, 0.05) is 27.8 Å². The van der Waals surface area contributed by atoms with Crippen molar-refractivity contribution in [1.82, 2.24) is 4.57 Å². The van der Waals surface area contributed by atoms with E-state index in [2.05, 4.69) is 181 Å². The first kappa shape index (κ1) is 35.9. The Morgan fingerprint density at radius 3 is 2.19 bits per heavy atom. The third-order valence-corrected chi connectivity index (χ3v) is 13.8. The fourth-order valence-corrected chi connectivity index (χ4v) is 10.2. The maximum Gasteiger partial charge on any atom is 0.310 e. The molecule has 1 aliphatic heterocycles. The van der Waals surface area contributed by atoms with E-state index in [9.17, 15) is 5.11 Å². The molecule has 4 heteroatoms. The molecule has 0 amide bonds. The molecule has 286 valence electrons. The number of fused-ring (bicyclic) bond motifs is 6. The maximum absolute atomic E-state index is 11.3. The molecule has 8 aromatic rings. The molecule has 1 N–H and O–H groups in total. The van der Waals surface area contributed by atoms with Gasteiger partial charge in [0.2, 0.25) is 0 Å². The number of hydrogen-bond acceptors (Lipinski definition) is 2. The van der Waals surface area contributed by atoms with Crippen LogP contribution in [0.4, 0.5) is 0 Å². The average Bonchev–Trinajstić information content (AvgIpc) is 3.72. The first-order valence-electron chi connectivity index (χ1n) is 21.0. The summed E-state index contributed by atoms with van der Waals surface area (Å²) in [6.45, 7) is 7.66. The second-order valence-electron chi connectivity index (χ2n) is 17.6. The highest BCUT2D eigenvalue weighted by atomic mass is 16.5. The van der Waals surface area contributed by atoms with Crippen molar-refractivity contribution in [1.29, 1.82) is 0 Å². The molecule has 11 rings (SSSR count). The third kappa shape index (κ3) is 5.23. The summed E-state index contributed by atoms with van der Waals surface area (Å²) in [7, 11) is 0.332. The number of aromatic nitrogens is 1. The van der Waals surface area contributed by atoms with Crippen LogP contribution in [0.25, 0.3) is 60.9 Å². The molecule has 3 nitrogen and oxygen atoms in total. The molecule has 2 heterocycles. The van der Waals surface area contributed by atoms with Crippen LogP contribution in [0.15, 0.2) is 176 Å². The number of hydrogen-bond donors (Lipinski definition) is 1. The molecule has 0 fully saturated rings. The first-order valence-corrected chi connectivity index (χ1v) is 21.0. The van der Waals surface area contributed by atoms with Gasteiger partial charge in [0.05, 0.1) is 33.3 Å². The molecule has 0 spiro atoms. The van der Waals surface area contributed by atoms with E-state index in [1.54, 1.807) is 0 Å². The van der Waals surface area contributed by atoms with E-state index in [1.807, 2.05) is 27.7 Å². The topological polar surface area (TPSA) is 34.4 Å². The molecular weight excluding hydrogens is 717 g/mol. The Balaban J connectivity index is 1.32. The quantitative estimate of drug-likeness (QED) is 0.156. The van der Waals surface area contributed by atoms with E-state index < -0.39 is 16.6 Å². The van der Waals surface area contributed by atoms with Crippen LogP contribution in [-0.4, -0.2) is 28.4 Å². The molecule has 2 unspecified atom stereocenters. The second kappa shape index (κ2) is 13.2. The van der Waals surface area contributed by atoms with Crippen molar-refractivity contribution >= 4 is 34.8 Å². The van der Waals surface area contributed by atoms with Gasteiger partial charge in [-0.1, -0.05) is 158 Å². The largest absolute Gasteiger partial charge is 0.427 e. The number of allylic oxidation sites excluding steroid dienone is 4. The summed E-state index contributed by atoms with van der Waals surface area (Å²) in [5.74, 6) is 0.295. The minimum Gasteiger partial charge on any atom is -0.427 e. The summed E-state index contributed by atoms with van der Waals surface area (Å²) in [5, 5.41) is 13.7. The summed E-state index contributed by atoms with van der Waals surface area (Å²) in [6.07, 6.45) is 9.94. The zero-order valence-corrected chi connectivity index (χ0v) is 34.0. The van der Waals surface area contributed by atoms with Crippen LogP contribution in [0, 0.1) is 0 Å². The summed E-state index contributed by atoms with van der Waals surface area (Å²) in [5.41, 5.74) is 15.9. The fourth-order valence-electron chi connectivity index (χ4n) is 10.2. The highest BCUT2D eigenvalue weighted by Crippen LogP contribution is 2.62. The van der Waals surface area contributed by atoms with Crippen LogP contribution < -0.4 is 5.46 Å². The molecular formula is C55H46BNO2. The summed E-state index contributed by atoms with van der Waals surface area (Å²) in [4.78, 5) is 0. The van der Waals surface area contributed by atoms with Crippen LogP contribution in [-0.2, 0) is 10.1 Å². The van der Waals surface area contributed by atoms with E-state index >= 15 is 0 Å². The van der Waals surface area contributed by atoms with E-state index in [-0.39, 0.29) is 0 Å². The minimum absolute atomic E-state index is 0.295. The molecule has 2 aliphatic carbocycles. The first-order chi connectivity index (χ1) is 28.7. The van der Waals surface area contributed by atoms with Crippen LogP contribution in [0.2, 0.25) is 0 Å². The molecule has 0 saturated carbocycles. The lowest BCUT2D eigenvalue weighted by molar-refractivity contribution is -0.0893. The Kier molecular flexibility index (Phi) is 8.01. The molecule has 2 atom stereocenters. The van der Waals surface area contributed by atoms with Gasteiger partial charge in [-0.3, -0.25) is 0 Å². The lowest BCUT2D eigenvalue weighted by Crippen LogP contribution is -2.49. The smallest absolute Gasteiger partial charge is 0.310 e. The normalized spacial score (nSPS) is 17.7. The number of aliphatic hydroxyl groups is 1. The molecule has 0 bridgehead atoms. The molecule has 7 aromatic carbocycles. The van der Waals surface area contributed by atoms with Crippen LogP contribution in [0.5, 0.6) is 0 Å². The standard InChI is InChI=1S/C55H46BNO2/c1-53(2,58)54(3,4)59-56-46-34-45-51-49-42(41-26-11-13-30-47(41)57-48-31-14-12-27-43(48)50(46)52(51)57)28-17-29-44(49)55(45,39-24-15-22-37(32-39)35-18-7-5-8-19-35)40-25-16-23-38(33-40)36-20-9-6-10-21-36/h5-20,22-34,36,56,58H,21H2,1-4H3. The Labute approximate surface area is 347 Å². The monoisotopic (exact) mass is 763 g/mol. The van der Waals surface area contributed by atoms with Crippen molar-refractivity contribution < 1.29 is 9.76 Å². The van der Waals surface area contributed by atoms with Gasteiger partial charge in [-0.2, -0.15) is 0 Å². The van der Waals surface area contributed by atoms with Gasteiger partial charge in [0.15, 0.2) is 0 Å². The highest BCUT2D eigenvalue weighted by molar-refractivity contribution is 6.54. The molecule has 3 aliphatic rings. The highest BCUT2D eigenvalue weighted by Gasteiger charge is 2.50. The molecule has 59 heavy (non-hydrogen) atoms. The molecule has 1 aromatic heterocycles. The Bertz CT molecular complexity index is 3050. The van der Waals surface area contributed by atoms with E-state index in [0.29, 0.717) is 13.4 Å². The lowest BCUT2D eigenvalue weighted by Gasteiger charge is -2.38. The summed E-state index contributed by atoms with van der Waals surface area (Å²) < 4.78 is 9.41. The van der Waals surface area contributed by atoms with E-state index in [4.69, 9.17) is 4.65 Å². The molecule has 0 saturated heterocycles. The van der Waals surface area contributed by atoms with E-state index in [1.165, 1.54) is 88.7 Å². The van der Waals surface area contributed by atoms with Crippen molar-refractivity contribution in [2.24, 2.45) is 0 Å². The van der Waals surface area contributed by atoms with E-state index in [0.717, 1.165) is 11.9 Å². The van der Waals surface area contributed by atoms with Gasteiger partial charge >= 0.3 is 7.48 Å². The summed E-state index contributed by atoms with van der Waals surface area (Å²) >= 11 is 0. The second-order valence-corrected chi connectivity index (χ2v) is 17.6. The third-order valence-electron chi connectivity index (χ3n) is 13.8. The number of para-hydroxylation sites is 2. The fraction of sp³-hybridized carbons (Fsp3) is 0.164. The minimum atomic E-state index is -1.06. The number of nitrogens with zero attached hydrogens (tertiary/aromatic N) is 1. The Morgan fingerprint density at radius 2 is 1.37 bits per heavy atom. The maximum atomic E-state index is 11.3. The van der Waals surface area contributed by atoms with Crippen molar-refractivity contribution in [2.75, 3.05) is 0 Å². The van der Waals surface area contributed by atoms with Gasteiger partial charge in [0.25, 0.3) is 0 Å². The van der Waals surface area contributed by atoms with Crippen molar-refractivity contribution in [3.05, 3.63) is 204 Å².